The Morgan fingerprint density at radius 1 is 1.08 bits per heavy atom. The Kier molecular flexibility index (Phi) is 9.93. The number of aliphatic hydroxyl groups is 1. The van der Waals surface area contributed by atoms with Gasteiger partial charge in [0.2, 0.25) is 5.91 Å². The number of amides is 2. The van der Waals surface area contributed by atoms with E-state index in [-0.39, 0.29) is 19.1 Å². The van der Waals surface area contributed by atoms with E-state index >= 15 is 0 Å². The minimum absolute atomic E-state index is 0.0432. The molecule has 3 rings (SSSR count). The van der Waals surface area contributed by atoms with Crippen LogP contribution in [0.3, 0.4) is 0 Å². The first-order valence-corrected chi connectivity index (χ1v) is 13.7. The second kappa shape index (κ2) is 12.9. The van der Waals surface area contributed by atoms with E-state index in [1.807, 2.05) is 42.5 Å². The van der Waals surface area contributed by atoms with Gasteiger partial charge in [-0.25, -0.2) is 9.78 Å². The standard InChI is InChI=1S/C29H38N4O5S/c1-28(2,3)38-27(36)33(17-22(34)18-37-23-9-7-6-8-10-23)16-15-20-11-13-21(14-12-20)31-25(35)29(4,5)24-19-39-26(30)32-24/h6-14,19,22,34H,15-18H2,1-5H3,(H2,30,32)(H,31,35). The maximum atomic E-state index is 12.9. The van der Waals surface area contributed by atoms with Crippen molar-refractivity contribution in [1.29, 1.82) is 0 Å². The Morgan fingerprint density at radius 2 is 1.74 bits per heavy atom. The Bertz CT molecular complexity index is 1220. The first-order valence-electron chi connectivity index (χ1n) is 12.8. The van der Waals surface area contributed by atoms with Gasteiger partial charge in [-0.05, 0) is 70.9 Å². The topological polar surface area (TPSA) is 127 Å². The number of aromatic nitrogens is 1. The summed E-state index contributed by atoms with van der Waals surface area (Å²) in [7, 11) is 0. The van der Waals surface area contributed by atoms with Gasteiger partial charge < -0.3 is 30.5 Å². The molecular formula is C29H38N4O5S. The Morgan fingerprint density at radius 3 is 2.33 bits per heavy atom. The summed E-state index contributed by atoms with van der Waals surface area (Å²) in [6.07, 6.45) is -0.870. The predicted octanol–water partition coefficient (Wildman–Crippen LogP) is 4.86. The number of nitrogens with one attached hydrogen (secondary N) is 1. The zero-order valence-electron chi connectivity index (χ0n) is 23.1. The molecular weight excluding hydrogens is 516 g/mol. The van der Waals surface area contributed by atoms with Crippen molar-refractivity contribution in [2.75, 3.05) is 30.7 Å². The van der Waals surface area contributed by atoms with Crippen molar-refractivity contribution in [3.63, 3.8) is 0 Å². The largest absolute Gasteiger partial charge is 0.491 e. The average Bonchev–Trinajstić information content (AvgIpc) is 3.32. The second-order valence-corrected chi connectivity index (χ2v) is 11.7. The van der Waals surface area contributed by atoms with Crippen molar-refractivity contribution >= 4 is 34.2 Å². The molecule has 2 amide bonds. The Balaban J connectivity index is 1.59. The van der Waals surface area contributed by atoms with Gasteiger partial charge in [-0.3, -0.25) is 4.79 Å². The van der Waals surface area contributed by atoms with Crippen molar-refractivity contribution in [3.05, 3.63) is 71.2 Å². The highest BCUT2D eigenvalue weighted by atomic mass is 32.1. The van der Waals surface area contributed by atoms with Gasteiger partial charge in [0.05, 0.1) is 17.7 Å². The van der Waals surface area contributed by atoms with Crippen LogP contribution < -0.4 is 15.8 Å². The van der Waals surface area contributed by atoms with E-state index in [1.54, 1.807) is 52.1 Å². The summed E-state index contributed by atoms with van der Waals surface area (Å²) in [6, 6.07) is 16.6. The summed E-state index contributed by atoms with van der Waals surface area (Å²) in [4.78, 5) is 31.5. The molecule has 0 radical (unpaired) electrons. The summed E-state index contributed by atoms with van der Waals surface area (Å²) in [6.45, 7) is 9.45. The van der Waals surface area contributed by atoms with E-state index in [2.05, 4.69) is 10.3 Å². The smallest absolute Gasteiger partial charge is 0.410 e. The monoisotopic (exact) mass is 554 g/mol. The Labute approximate surface area is 234 Å². The molecule has 0 saturated carbocycles. The first-order chi connectivity index (χ1) is 18.3. The summed E-state index contributed by atoms with van der Waals surface area (Å²) >= 11 is 1.30. The lowest BCUT2D eigenvalue weighted by molar-refractivity contribution is -0.120. The highest BCUT2D eigenvalue weighted by Gasteiger charge is 2.32. The normalized spacial score (nSPS) is 12.5. The molecule has 1 atom stereocenters. The summed E-state index contributed by atoms with van der Waals surface area (Å²) in [5.41, 5.74) is 6.46. The zero-order valence-corrected chi connectivity index (χ0v) is 24.0. The third-order valence-corrected chi connectivity index (χ3v) is 6.55. The van der Waals surface area contributed by atoms with Crippen LogP contribution in [0.2, 0.25) is 0 Å². The maximum absolute atomic E-state index is 12.9. The minimum atomic E-state index is -0.897. The fraction of sp³-hybridized carbons (Fsp3) is 0.414. The molecule has 0 fully saturated rings. The van der Waals surface area contributed by atoms with E-state index in [1.165, 1.54) is 16.2 Å². The molecule has 0 saturated heterocycles. The van der Waals surface area contributed by atoms with Gasteiger partial charge in [-0.15, -0.1) is 11.3 Å². The van der Waals surface area contributed by atoms with Gasteiger partial charge in [0.25, 0.3) is 0 Å². The summed E-state index contributed by atoms with van der Waals surface area (Å²) in [5.74, 6) is 0.454. The molecule has 10 heteroatoms. The van der Waals surface area contributed by atoms with Gasteiger partial charge in [0, 0.05) is 17.6 Å². The van der Waals surface area contributed by atoms with E-state index in [9.17, 15) is 14.7 Å². The van der Waals surface area contributed by atoms with E-state index in [0.717, 1.165) is 5.56 Å². The van der Waals surface area contributed by atoms with E-state index in [4.69, 9.17) is 15.2 Å². The zero-order chi connectivity index (χ0) is 28.6. The molecule has 1 unspecified atom stereocenters. The number of hydrogen-bond acceptors (Lipinski definition) is 8. The molecule has 0 bridgehead atoms. The van der Waals surface area contributed by atoms with Crippen LogP contribution in [0.1, 0.15) is 45.9 Å². The summed E-state index contributed by atoms with van der Waals surface area (Å²) in [5, 5.41) is 15.7. The quantitative estimate of drug-likeness (QED) is 0.309. The van der Waals surface area contributed by atoms with Crippen LogP contribution in [-0.4, -0.2) is 58.4 Å². The number of aliphatic hydroxyl groups excluding tert-OH is 1. The molecule has 210 valence electrons. The maximum Gasteiger partial charge on any atom is 0.410 e. The highest BCUT2D eigenvalue weighted by molar-refractivity contribution is 7.13. The third-order valence-electron chi connectivity index (χ3n) is 5.88. The fourth-order valence-electron chi connectivity index (χ4n) is 3.60. The molecule has 9 nitrogen and oxygen atoms in total. The number of benzene rings is 2. The van der Waals surface area contributed by atoms with Crippen molar-refractivity contribution in [3.8, 4) is 5.75 Å². The summed E-state index contributed by atoms with van der Waals surface area (Å²) < 4.78 is 11.2. The van der Waals surface area contributed by atoms with Crippen LogP contribution in [-0.2, 0) is 21.4 Å². The van der Waals surface area contributed by atoms with Crippen LogP contribution >= 0.6 is 11.3 Å². The lowest BCUT2D eigenvalue weighted by atomic mass is 9.89. The highest BCUT2D eigenvalue weighted by Crippen LogP contribution is 2.27. The predicted molar refractivity (Wildman–Crippen MR) is 154 cm³/mol. The van der Waals surface area contributed by atoms with Crippen LogP contribution in [0.25, 0.3) is 0 Å². The lowest BCUT2D eigenvalue weighted by Crippen LogP contribution is -2.43. The Hall–Kier alpha value is -3.63. The number of anilines is 2. The average molecular weight is 555 g/mol. The number of para-hydroxylation sites is 1. The number of carbonyl (C=O) groups is 2. The van der Waals surface area contributed by atoms with Crippen LogP contribution in [0, 0.1) is 0 Å². The fourth-order valence-corrected chi connectivity index (χ4v) is 4.33. The van der Waals surface area contributed by atoms with Gasteiger partial charge in [0.1, 0.15) is 24.1 Å². The molecule has 39 heavy (non-hydrogen) atoms. The van der Waals surface area contributed by atoms with Crippen LogP contribution in [0.4, 0.5) is 15.6 Å². The number of thiazole rings is 1. The van der Waals surface area contributed by atoms with Gasteiger partial charge in [-0.1, -0.05) is 30.3 Å². The number of carbonyl (C=O) groups excluding carboxylic acids is 2. The van der Waals surface area contributed by atoms with Gasteiger partial charge >= 0.3 is 6.09 Å². The molecule has 0 aliphatic carbocycles. The van der Waals surface area contributed by atoms with Crippen molar-refractivity contribution in [2.24, 2.45) is 0 Å². The number of hydrogen-bond donors (Lipinski definition) is 3. The molecule has 2 aromatic carbocycles. The third kappa shape index (κ3) is 9.26. The molecule has 1 aromatic heterocycles. The minimum Gasteiger partial charge on any atom is -0.491 e. The van der Waals surface area contributed by atoms with Crippen molar-refractivity contribution in [2.45, 2.75) is 58.2 Å². The number of nitrogens with two attached hydrogens (primary N) is 1. The number of ether oxygens (including phenoxy) is 2. The van der Waals surface area contributed by atoms with Gasteiger partial charge in [0.15, 0.2) is 5.13 Å². The SMILES string of the molecule is CC(C)(C)OC(=O)N(CCc1ccc(NC(=O)C(C)(C)c2csc(N)n2)cc1)CC(O)COc1ccccc1. The molecule has 0 aliphatic heterocycles. The number of nitrogens with zero attached hydrogens (tertiary/aromatic N) is 2. The van der Waals surface area contributed by atoms with E-state index < -0.39 is 23.2 Å². The molecule has 3 aromatic rings. The lowest BCUT2D eigenvalue weighted by Gasteiger charge is -2.29. The molecule has 1 heterocycles. The van der Waals surface area contributed by atoms with Crippen molar-refractivity contribution in [1.82, 2.24) is 9.88 Å². The second-order valence-electron chi connectivity index (χ2n) is 10.8. The van der Waals surface area contributed by atoms with Crippen LogP contribution in [0.15, 0.2) is 60.0 Å². The van der Waals surface area contributed by atoms with Crippen molar-refractivity contribution < 1.29 is 24.2 Å². The van der Waals surface area contributed by atoms with E-state index in [0.29, 0.717) is 35.2 Å². The van der Waals surface area contributed by atoms with Crippen LogP contribution in [0.5, 0.6) is 5.75 Å². The molecule has 4 N–H and O–H groups in total. The van der Waals surface area contributed by atoms with Gasteiger partial charge in [-0.2, -0.15) is 0 Å². The number of nitrogen functional groups attached to an aromatic ring is 1. The first kappa shape index (κ1) is 29.9. The molecule has 0 aliphatic rings. The number of rotatable bonds is 11. The molecule has 0 spiro atoms.